The fourth-order valence-electron chi connectivity index (χ4n) is 0.349. The summed E-state index contributed by atoms with van der Waals surface area (Å²) in [7, 11) is 0. The van der Waals surface area contributed by atoms with E-state index in [0.717, 1.165) is 0 Å². The van der Waals surface area contributed by atoms with Gasteiger partial charge in [0.1, 0.15) is 0 Å². The lowest BCUT2D eigenvalue weighted by Crippen LogP contribution is -2.18. The van der Waals surface area contributed by atoms with Gasteiger partial charge in [-0.2, -0.15) is 0 Å². The standard InChI is InChI=1S/2C5H10O2/c1-5(2,3)4(6)7;1-4(2)3-5(6)7/h1-3H3,(H,6,7);4H,3H2,1-2H3,(H,6,7). The molecule has 84 valence electrons. The first-order valence-corrected chi connectivity index (χ1v) is 4.52. The summed E-state index contributed by atoms with van der Waals surface area (Å²) in [6.07, 6.45) is 0.278. The topological polar surface area (TPSA) is 74.6 Å². The van der Waals surface area contributed by atoms with Crippen molar-refractivity contribution >= 4 is 11.9 Å². The first kappa shape index (κ1) is 15.4. The quantitative estimate of drug-likeness (QED) is 0.723. The van der Waals surface area contributed by atoms with Gasteiger partial charge in [0, 0.05) is 6.42 Å². The molecule has 0 bridgehead atoms. The maximum Gasteiger partial charge on any atom is 0.308 e. The van der Waals surface area contributed by atoms with E-state index >= 15 is 0 Å². The lowest BCUT2D eigenvalue weighted by molar-refractivity contribution is -0.145. The normalized spacial score (nSPS) is 10.4. The Labute approximate surface area is 84.9 Å². The van der Waals surface area contributed by atoms with Crippen molar-refractivity contribution in [2.45, 2.75) is 41.0 Å². The second kappa shape index (κ2) is 6.40. The average Bonchev–Trinajstić information content (AvgIpc) is 1.81. The molecule has 0 atom stereocenters. The van der Waals surface area contributed by atoms with Gasteiger partial charge in [0.05, 0.1) is 5.41 Å². The Kier molecular flexibility index (Phi) is 7.05. The molecule has 0 aliphatic heterocycles. The van der Waals surface area contributed by atoms with Gasteiger partial charge in [-0.25, -0.2) is 0 Å². The number of carboxylic acids is 2. The SMILES string of the molecule is CC(C)(C)C(=O)O.CC(C)CC(=O)O. The van der Waals surface area contributed by atoms with E-state index in [0.29, 0.717) is 0 Å². The molecule has 0 aromatic rings. The molecule has 2 N–H and O–H groups in total. The summed E-state index contributed by atoms with van der Waals surface area (Å²) in [5.41, 5.74) is -0.583. The molecule has 0 aliphatic carbocycles. The van der Waals surface area contributed by atoms with Crippen LogP contribution in [0, 0.1) is 11.3 Å². The van der Waals surface area contributed by atoms with Crippen LogP contribution in [0.15, 0.2) is 0 Å². The van der Waals surface area contributed by atoms with Crippen LogP contribution in [0.1, 0.15) is 41.0 Å². The van der Waals surface area contributed by atoms with Crippen LogP contribution in [0.4, 0.5) is 0 Å². The first-order valence-electron chi connectivity index (χ1n) is 4.52. The third kappa shape index (κ3) is 13.5. The van der Waals surface area contributed by atoms with Gasteiger partial charge in [-0.1, -0.05) is 13.8 Å². The third-order valence-electron chi connectivity index (χ3n) is 1.22. The van der Waals surface area contributed by atoms with Gasteiger partial charge >= 0.3 is 11.9 Å². The van der Waals surface area contributed by atoms with Crippen LogP contribution in [-0.2, 0) is 9.59 Å². The van der Waals surface area contributed by atoms with Crippen molar-refractivity contribution in [1.29, 1.82) is 0 Å². The van der Waals surface area contributed by atoms with Crippen molar-refractivity contribution in [3.05, 3.63) is 0 Å². The van der Waals surface area contributed by atoms with Gasteiger partial charge < -0.3 is 10.2 Å². The lowest BCUT2D eigenvalue weighted by atomic mass is 9.98. The smallest absolute Gasteiger partial charge is 0.308 e. The van der Waals surface area contributed by atoms with E-state index in [4.69, 9.17) is 10.2 Å². The van der Waals surface area contributed by atoms with Crippen LogP contribution in [0.5, 0.6) is 0 Å². The fourth-order valence-corrected chi connectivity index (χ4v) is 0.349. The van der Waals surface area contributed by atoms with Crippen LogP contribution in [-0.4, -0.2) is 22.2 Å². The van der Waals surface area contributed by atoms with Gasteiger partial charge in [-0.3, -0.25) is 9.59 Å². The summed E-state index contributed by atoms with van der Waals surface area (Å²) in [5, 5.41) is 16.3. The Morgan fingerprint density at radius 2 is 1.43 bits per heavy atom. The zero-order valence-corrected chi connectivity index (χ0v) is 9.50. The Bertz CT molecular complexity index is 189. The van der Waals surface area contributed by atoms with E-state index in [1.54, 1.807) is 20.8 Å². The molecule has 0 aromatic carbocycles. The molecule has 0 radical (unpaired) electrons. The molecule has 0 aliphatic rings. The van der Waals surface area contributed by atoms with E-state index < -0.39 is 17.4 Å². The second-order valence-electron chi connectivity index (χ2n) is 4.55. The van der Waals surface area contributed by atoms with E-state index in [-0.39, 0.29) is 12.3 Å². The molecule has 0 rings (SSSR count). The molecule has 0 spiro atoms. The zero-order valence-electron chi connectivity index (χ0n) is 9.50. The maximum absolute atomic E-state index is 10.0. The molecule has 14 heavy (non-hydrogen) atoms. The molecule has 4 nitrogen and oxygen atoms in total. The molecule has 0 saturated heterocycles. The number of rotatable bonds is 2. The summed E-state index contributed by atoms with van der Waals surface area (Å²) in [5.74, 6) is -1.19. The summed E-state index contributed by atoms with van der Waals surface area (Å²) < 4.78 is 0. The van der Waals surface area contributed by atoms with E-state index in [1.807, 2.05) is 13.8 Å². The third-order valence-corrected chi connectivity index (χ3v) is 1.22. The maximum atomic E-state index is 10.0. The summed E-state index contributed by atoms with van der Waals surface area (Å²) in [6.45, 7) is 8.75. The van der Waals surface area contributed by atoms with Gasteiger partial charge in [0.15, 0.2) is 0 Å². The molecule has 0 aromatic heterocycles. The number of carbonyl (C=O) groups is 2. The molecule has 0 saturated carbocycles. The van der Waals surface area contributed by atoms with Gasteiger partial charge in [-0.15, -0.1) is 0 Å². The van der Waals surface area contributed by atoms with Gasteiger partial charge in [-0.05, 0) is 26.7 Å². The highest BCUT2D eigenvalue weighted by Crippen LogP contribution is 2.11. The van der Waals surface area contributed by atoms with Crippen molar-refractivity contribution in [3.8, 4) is 0 Å². The number of hydrogen-bond donors (Lipinski definition) is 2. The minimum Gasteiger partial charge on any atom is -0.481 e. The van der Waals surface area contributed by atoms with Gasteiger partial charge in [0.25, 0.3) is 0 Å². The molecule has 0 unspecified atom stereocenters. The van der Waals surface area contributed by atoms with Crippen LogP contribution in [0.3, 0.4) is 0 Å². The molecule has 0 fully saturated rings. The predicted molar refractivity (Wildman–Crippen MR) is 54.2 cm³/mol. The average molecular weight is 204 g/mol. The second-order valence-corrected chi connectivity index (χ2v) is 4.55. The van der Waals surface area contributed by atoms with Crippen LogP contribution < -0.4 is 0 Å². The Morgan fingerprint density at radius 1 is 1.14 bits per heavy atom. The number of carboxylic acid groups (broad SMARTS) is 2. The van der Waals surface area contributed by atoms with E-state index in [1.165, 1.54) is 0 Å². The minimum atomic E-state index is -0.757. The van der Waals surface area contributed by atoms with E-state index in [9.17, 15) is 9.59 Å². The fraction of sp³-hybridized carbons (Fsp3) is 0.800. The minimum absolute atomic E-state index is 0.275. The number of hydrogen-bond acceptors (Lipinski definition) is 2. The predicted octanol–water partition coefficient (Wildman–Crippen LogP) is 2.23. The molecular weight excluding hydrogens is 184 g/mol. The van der Waals surface area contributed by atoms with Crippen molar-refractivity contribution in [3.63, 3.8) is 0 Å². The summed E-state index contributed by atoms with van der Waals surface area (Å²) in [4.78, 5) is 19.8. The van der Waals surface area contributed by atoms with Gasteiger partial charge in [0.2, 0.25) is 0 Å². The van der Waals surface area contributed by atoms with Crippen molar-refractivity contribution in [1.82, 2.24) is 0 Å². The molecule has 0 amide bonds. The highest BCUT2D eigenvalue weighted by molar-refractivity contribution is 5.72. The van der Waals surface area contributed by atoms with Crippen LogP contribution in [0.25, 0.3) is 0 Å². The highest BCUT2D eigenvalue weighted by atomic mass is 16.4. The largest absolute Gasteiger partial charge is 0.481 e. The van der Waals surface area contributed by atoms with E-state index in [2.05, 4.69) is 0 Å². The number of aliphatic carboxylic acids is 2. The summed E-state index contributed by atoms with van der Waals surface area (Å²) in [6, 6.07) is 0. The monoisotopic (exact) mass is 204 g/mol. The summed E-state index contributed by atoms with van der Waals surface area (Å²) >= 11 is 0. The van der Waals surface area contributed by atoms with Crippen LogP contribution >= 0.6 is 0 Å². The lowest BCUT2D eigenvalue weighted by Gasteiger charge is -2.08. The Hall–Kier alpha value is -1.06. The zero-order chi connectivity index (χ0) is 11.9. The van der Waals surface area contributed by atoms with Crippen molar-refractivity contribution in [2.75, 3.05) is 0 Å². The Morgan fingerprint density at radius 3 is 1.43 bits per heavy atom. The Balaban J connectivity index is 0. The van der Waals surface area contributed by atoms with Crippen LogP contribution in [0.2, 0.25) is 0 Å². The van der Waals surface area contributed by atoms with Crippen molar-refractivity contribution in [2.24, 2.45) is 11.3 Å². The molecule has 4 heteroatoms. The molecular formula is C10H20O4. The first-order chi connectivity index (χ1) is 6.07. The molecule has 0 heterocycles. The van der Waals surface area contributed by atoms with Crippen molar-refractivity contribution < 1.29 is 19.8 Å². The highest BCUT2D eigenvalue weighted by Gasteiger charge is 2.18.